The van der Waals surface area contributed by atoms with Crippen LogP contribution >= 0.6 is 0 Å². The maximum Gasteiger partial charge on any atom is 0.229 e. The van der Waals surface area contributed by atoms with E-state index >= 15 is 0 Å². The van der Waals surface area contributed by atoms with Crippen molar-refractivity contribution < 1.29 is 9.47 Å². The van der Waals surface area contributed by atoms with Gasteiger partial charge in [-0.05, 0) is 55.5 Å². The largest absolute Gasteiger partial charge is 0.497 e. The summed E-state index contributed by atoms with van der Waals surface area (Å²) in [5, 5.41) is 6.57. The highest BCUT2D eigenvalue weighted by molar-refractivity contribution is 5.66. The zero-order valence-corrected chi connectivity index (χ0v) is 16.8. The molecule has 6 nitrogen and oxygen atoms in total. The summed E-state index contributed by atoms with van der Waals surface area (Å²) in [6.07, 6.45) is 0. The topological polar surface area (TPSA) is 68.3 Å². The van der Waals surface area contributed by atoms with Crippen LogP contribution in [0.3, 0.4) is 0 Å². The van der Waals surface area contributed by atoms with E-state index in [0.717, 1.165) is 28.6 Å². The number of rotatable bonds is 7. The number of hydrogen-bond acceptors (Lipinski definition) is 6. The van der Waals surface area contributed by atoms with Crippen LogP contribution in [0.25, 0.3) is 0 Å². The van der Waals surface area contributed by atoms with Gasteiger partial charge in [-0.15, -0.1) is 0 Å². The first kappa shape index (κ1) is 19.3. The summed E-state index contributed by atoms with van der Waals surface area (Å²) in [6.45, 7) is 1.93. The Hall–Kier alpha value is -4.06. The number of nitrogens with zero attached hydrogens (tertiary/aromatic N) is 2. The maximum atomic E-state index is 6.03. The first-order valence-electron chi connectivity index (χ1n) is 9.55. The van der Waals surface area contributed by atoms with Gasteiger partial charge in [0.05, 0.1) is 12.8 Å². The molecular weight excluding hydrogens is 376 g/mol. The van der Waals surface area contributed by atoms with Gasteiger partial charge in [0.1, 0.15) is 17.3 Å². The molecule has 150 valence electrons. The third-order valence-corrected chi connectivity index (χ3v) is 4.32. The molecule has 0 aliphatic rings. The summed E-state index contributed by atoms with van der Waals surface area (Å²) in [7, 11) is 1.64. The van der Waals surface area contributed by atoms with Gasteiger partial charge in [-0.1, -0.05) is 30.3 Å². The van der Waals surface area contributed by atoms with Gasteiger partial charge in [0, 0.05) is 17.4 Å². The van der Waals surface area contributed by atoms with Crippen LogP contribution in [-0.2, 0) is 0 Å². The lowest BCUT2D eigenvalue weighted by molar-refractivity contribution is 0.415. The van der Waals surface area contributed by atoms with Gasteiger partial charge in [0.2, 0.25) is 5.95 Å². The molecule has 4 aromatic rings. The minimum absolute atomic E-state index is 0.504. The maximum absolute atomic E-state index is 6.03. The number of aryl methyl sites for hydroxylation is 1. The van der Waals surface area contributed by atoms with E-state index in [0.29, 0.717) is 17.5 Å². The van der Waals surface area contributed by atoms with Crippen LogP contribution in [0.1, 0.15) is 5.69 Å². The van der Waals surface area contributed by atoms with Gasteiger partial charge in [0.25, 0.3) is 0 Å². The molecule has 0 atom stereocenters. The van der Waals surface area contributed by atoms with E-state index < -0.39 is 0 Å². The minimum atomic E-state index is 0.504. The summed E-state index contributed by atoms with van der Waals surface area (Å²) in [5.41, 5.74) is 2.53. The van der Waals surface area contributed by atoms with Crippen LogP contribution in [0, 0.1) is 6.92 Å². The fraction of sp³-hybridized carbons (Fsp3) is 0.0833. The molecule has 0 unspecified atom stereocenters. The molecule has 0 fully saturated rings. The average molecular weight is 398 g/mol. The predicted molar refractivity (Wildman–Crippen MR) is 119 cm³/mol. The Balaban J connectivity index is 1.55. The van der Waals surface area contributed by atoms with Gasteiger partial charge in [-0.3, -0.25) is 0 Å². The normalized spacial score (nSPS) is 10.3. The second kappa shape index (κ2) is 8.96. The quantitative estimate of drug-likeness (QED) is 0.394. The number of methoxy groups -OCH3 is 1. The summed E-state index contributed by atoms with van der Waals surface area (Å²) in [4.78, 5) is 9.07. The first-order valence-corrected chi connectivity index (χ1v) is 9.55. The SMILES string of the molecule is COc1ccc(Nc2nc(C)cc(Nc3ccccc3Oc3ccccc3)n2)cc1. The molecule has 0 aliphatic heterocycles. The van der Waals surface area contributed by atoms with E-state index in [1.807, 2.05) is 91.9 Å². The molecular formula is C24H22N4O2. The monoisotopic (exact) mass is 398 g/mol. The Morgan fingerprint density at radius 3 is 2.23 bits per heavy atom. The van der Waals surface area contributed by atoms with Crippen molar-refractivity contribution >= 4 is 23.1 Å². The van der Waals surface area contributed by atoms with E-state index in [1.165, 1.54) is 0 Å². The lowest BCUT2D eigenvalue weighted by atomic mass is 10.2. The number of para-hydroxylation sites is 3. The third kappa shape index (κ3) is 4.86. The average Bonchev–Trinajstić information content (AvgIpc) is 2.76. The minimum Gasteiger partial charge on any atom is -0.497 e. The number of benzene rings is 3. The van der Waals surface area contributed by atoms with Crippen molar-refractivity contribution in [3.63, 3.8) is 0 Å². The molecule has 4 rings (SSSR count). The standard InChI is InChI=1S/C24H22N4O2/c1-17-16-23(28-24(25-17)26-18-12-14-19(29-2)15-13-18)27-21-10-6-7-11-22(21)30-20-8-4-3-5-9-20/h3-16H,1-2H3,(H2,25,26,27,28). The molecule has 0 saturated heterocycles. The summed E-state index contributed by atoms with van der Waals surface area (Å²) in [5.74, 6) is 3.45. The molecule has 3 aromatic carbocycles. The first-order chi connectivity index (χ1) is 14.7. The third-order valence-electron chi connectivity index (χ3n) is 4.32. The van der Waals surface area contributed by atoms with E-state index in [2.05, 4.69) is 20.6 Å². The number of hydrogen-bond donors (Lipinski definition) is 2. The zero-order valence-electron chi connectivity index (χ0n) is 16.8. The van der Waals surface area contributed by atoms with Gasteiger partial charge in [-0.2, -0.15) is 4.98 Å². The fourth-order valence-corrected chi connectivity index (χ4v) is 2.90. The highest BCUT2D eigenvalue weighted by atomic mass is 16.5. The van der Waals surface area contributed by atoms with Crippen LogP contribution in [0.4, 0.5) is 23.1 Å². The van der Waals surface area contributed by atoms with E-state index in [9.17, 15) is 0 Å². The Morgan fingerprint density at radius 2 is 1.47 bits per heavy atom. The molecule has 0 amide bonds. The predicted octanol–water partition coefficient (Wildman–Crippen LogP) is 6.07. The molecule has 0 spiro atoms. The van der Waals surface area contributed by atoms with E-state index in [4.69, 9.17) is 9.47 Å². The molecule has 6 heteroatoms. The number of aromatic nitrogens is 2. The van der Waals surface area contributed by atoms with E-state index in [1.54, 1.807) is 7.11 Å². The number of anilines is 4. The zero-order chi connectivity index (χ0) is 20.8. The molecule has 1 heterocycles. The highest BCUT2D eigenvalue weighted by Crippen LogP contribution is 2.31. The van der Waals surface area contributed by atoms with Crippen LogP contribution in [-0.4, -0.2) is 17.1 Å². The molecule has 0 bridgehead atoms. The van der Waals surface area contributed by atoms with Crippen molar-refractivity contribution in [3.05, 3.63) is 90.6 Å². The summed E-state index contributed by atoms with van der Waals surface area (Å²) >= 11 is 0. The van der Waals surface area contributed by atoms with Crippen LogP contribution in [0.5, 0.6) is 17.2 Å². The van der Waals surface area contributed by atoms with Crippen molar-refractivity contribution in [1.82, 2.24) is 9.97 Å². The molecule has 0 saturated carbocycles. The Labute approximate surface area is 175 Å². The van der Waals surface area contributed by atoms with Gasteiger partial charge in [0.15, 0.2) is 5.75 Å². The summed E-state index contributed by atoms with van der Waals surface area (Å²) < 4.78 is 11.2. The molecule has 2 N–H and O–H groups in total. The highest BCUT2D eigenvalue weighted by Gasteiger charge is 2.08. The smallest absolute Gasteiger partial charge is 0.229 e. The molecule has 1 aromatic heterocycles. The van der Waals surface area contributed by atoms with Crippen LogP contribution < -0.4 is 20.1 Å². The number of nitrogens with one attached hydrogen (secondary N) is 2. The molecule has 0 aliphatic carbocycles. The second-order valence-corrected chi connectivity index (χ2v) is 6.61. The van der Waals surface area contributed by atoms with Crippen molar-refractivity contribution in [3.8, 4) is 17.2 Å². The Kier molecular flexibility index (Phi) is 5.75. The Bertz CT molecular complexity index is 1120. The lowest BCUT2D eigenvalue weighted by Gasteiger charge is -2.14. The van der Waals surface area contributed by atoms with Gasteiger partial charge in [-0.25, -0.2) is 4.98 Å². The second-order valence-electron chi connectivity index (χ2n) is 6.61. The van der Waals surface area contributed by atoms with Gasteiger partial charge >= 0.3 is 0 Å². The number of ether oxygens (including phenoxy) is 2. The Morgan fingerprint density at radius 1 is 0.733 bits per heavy atom. The molecule has 0 radical (unpaired) electrons. The van der Waals surface area contributed by atoms with Crippen molar-refractivity contribution in [2.24, 2.45) is 0 Å². The van der Waals surface area contributed by atoms with Crippen molar-refractivity contribution in [2.75, 3.05) is 17.7 Å². The van der Waals surface area contributed by atoms with Crippen LogP contribution in [0.15, 0.2) is 84.9 Å². The fourth-order valence-electron chi connectivity index (χ4n) is 2.90. The van der Waals surface area contributed by atoms with Crippen molar-refractivity contribution in [2.45, 2.75) is 6.92 Å². The van der Waals surface area contributed by atoms with Crippen molar-refractivity contribution in [1.29, 1.82) is 0 Å². The van der Waals surface area contributed by atoms with E-state index in [-0.39, 0.29) is 0 Å². The van der Waals surface area contributed by atoms with Crippen LogP contribution in [0.2, 0.25) is 0 Å². The summed E-state index contributed by atoms with van der Waals surface area (Å²) in [6, 6.07) is 26.9. The molecule has 30 heavy (non-hydrogen) atoms. The van der Waals surface area contributed by atoms with Gasteiger partial charge < -0.3 is 20.1 Å². The lowest BCUT2D eigenvalue weighted by Crippen LogP contribution is -2.03.